The molecule has 0 aliphatic rings. The van der Waals surface area contributed by atoms with E-state index in [1.807, 2.05) is 0 Å². The van der Waals surface area contributed by atoms with E-state index < -0.39 is 0 Å². The van der Waals surface area contributed by atoms with Crippen LogP contribution in [0.25, 0.3) is 0 Å². The largest absolute Gasteiger partial charge is 0.315 e. The zero-order valence-corrected chi connectivity index (χ0v) is 16.1. The molecule has 1 nitrogen and oxygen atoms in total. The molecule has 1 N–H and O–H groups in total. The second-order valence-corrected chi connectivity index (χ2v) is 7.20. The van der Waals surface area contributed by atoms with Gasteiger partial charge in [-0.25, -0.2) is 0 Å². The molecule has 0 aliphatic carbocycles. The van der Waals surface area contributed by atoms with Gasteiger partial charge in [-0.1, -0.05) is 110 Å². The van der Waals surface area contributed by atoms with Crippen molar-refractivity contribution in [3.63, 3.8) is 0 Å². The van der Waals surface area contributed by atoms with Crippen LogP contribution in [0.2, 0.25) is 0 Å². The zero-order chi connectivity index (χ0) is 16.3. The lowest BCUT2D eigenvalue weighted by Gasteiger charge is -2.11. The minimum atomic E-state index is 0.715. The summed E-state index contributed by atoms with van der Waals surface area (Å²) in [4.78, 5) is 0. The Morgan fingerprint density at radius 3 is 1.27 bits per heavy atom. The molecule has 0 radical (unpaired) electrons. The van der Waals surface area contributed by atoms with Crippen LogP contribution in [0.15, 0.2) is 0 Å². The molecule has 1 atom stereocenters. The smallest absolute Gasteiger partial charge is 0.00386 e. The Bertz CT molecular complexity index is 190. The zero-order valence-electron chi connectivity index (χ0n) is 16.1. The highest BCUT2D eigenvalue weighted by Crippen LogP contribution is 2.13. The molecule has 0 saturated carbocycles. The number of rotatable bonds is 18. The fourth-order valence-electron chi connectivity index (χ4n) is 3.27. The van der Waals surface area contributed by atoms with Gasteiger partial charge in [-0.3, -0.25) is 0 Å². The van der Waals surface area contributed by atoms with E-state index >= 15 is 0 Å². The summed E-state index contributed by atoms with van der Waals surface area (Å²) in [5.41, 5.74) is 0. The van der Waals surface area contributed by atoms with Gasteiger partial charge in [0, 0.05) is 6.04 Å². The Morgan fingerprint density at radius 2 is 0.909 bits per heavy atom. The number of nitrogens with one attached hydrogen (secondary N) is 1. The van der Waals surface area contributed by atoms with Gasteiger partial charge in [-0.2, -0.15) is 0 Å². The van der Waals surface area contributed by atoms with Gasteiger partial charge in [0.1, 0.15) is 0 Å². The Labute approximate surface area is 142 Å². The van der Waals surface area contributed by atoms with Crippen molar-refractivity contribution in [1.29, 1.82) is 0 Å². The quantitative estimate of drug-likeness (QED) is 0.263. The average Bonchev–Trinajstić information content (AvgIpc) is 2.51. The summed E-state index contributed by atoms with van der Waals surface area (Å²) in [5.74, 6) is 0. The molecule has 0 spiro atoms. The third-order valence-corrected chi connectivity index (χ3v) is 4.79. The van der Waals surface area contributed by atoms with Gasteiger partial charge < -0.3 is 5.32 Å². The third kappa shape index (κ3) is 18.0. The molecule has 0 aromatic rings. The Kier molecular flexibility index (Phi) is 19.0. The number of hydrogen-bond donors (Lipinski definition) is 1. The van der Waals surface area contributed by atoms with Crippen molar-refractivity contribution in [1.82, 2.24) is 5.32 Å². The van der Waals surface area contributed by atoms with Gasteiger partial charge in [-0.15, -0.1) is 0 Å². The van der Waals surface area contributed by atoms with Gasteiger partial charge in [0.2, 0.25) is 0 Å². The first-order valence-electron chi connectivity index (χ1n) is 10.5. The van der Waals surface area contributed by atoms with Crippen LogP contribution in [0.5, 0.6) is 0 Å². The van der Waals surface area contributed by atoms with Crippen LogP contribution in [0.4, 0.5) is 0 Å². The highest BCUT2D eigenvalue weighted by Gasteiger charge is 1.99. The van der Waals surface area contributed by atoms with Crippen molar-refractivity contribution in [2.24, 2.45) is 0 Å². The molecule has 0 aromatic heterocycles. The lowest BCUT2D eigenvalue weighted by Crippen LogP contribution is -2.25. The normalized spacial score (nSPS) is 12.7. The standard InChI is InChI=1S/C21H45N/c1-4-6-7-8-9-10-11-12-13-14-15-16-17-18-19-20-21(3)22-5-2/h21-22H,4-20H2,1-3H3. The molecule has 0 rings (SSSR count). The summed E-state index contributed by atoms with van der Waals surface area (Å²) in [6.07, 6.45) is 23.2. The lowest BCUT2D eigenvalue weighted by molar-refractivity contribution is 0.484. The SMILES string of the molecule is CCCCCCCCCCCCCCCCCC(C)NCC. The molecule has 1 unspecified atom stereocenters. The maximum Gasteiger partial charge on any atom is 0.00386 e. The summed E-state index contributed by atoms with van der Waals surface area (Å²) >= 11 is 0. The summed E-state index contributed by atoms with van der Waals surface area (Å²) in [6, 6.07) is 0.715. The third-order valence-electron chi connectivity index (χ3n) is 4.79. The predicted molar refractivity (Wildman–Crippen MR) is 103 cm³/mol. The van der Waals surface area contributed by atoms with E-state index in [4.69, 9.17) is 0 Å². The van der Waals surface area contributed by atoms with E-state index in [1.54, 1.807) is 0 Å². The molecule has 0 saturated heterocycles. The maximum absolute atomic E-state index is 3.50. The summed E-state index contributed by atoms with van der Waals surface area (Å²) < 4.78 is 0. The van der Waals surface area contributed by atoms with Crippen molar-refractivity contribution in [2.45, 2.75) is 130 Å². The van der Waals surface area contributed by atoms with Crippen LogP contribution in [-0.2, 0) is 0 Å². The van der Waals surface area contributed by atoms with E-state index in [-0.39, 0.29) is 0 Å². The highest BCUT2D eigenvalue weighted by molar-refractivity contribution is 4.59. The maximum atomic E-state index is 3.50. The van der Waals surface area contributed by atoms with Crippen LogP contribution in [0.1, 0.15) is 124 Å². The topological polar surface area (TPSA) is 12.0 Å². The molecule has 0 amide bonds. The molecule has 0 heterocycles. The first-order chi connectivity index (χ1) is 10.8. The Hall–Kier alpha value is -0.0400. The van der Waals surface area contributed by atoms with Gasteiger partial charge in [0.05, 0.1) is 0 Å². The second-order valence-electron chi connectivity index (χ2n) is 7.20. The van der Waals surface area contributed by atoms with Crippen molar-refractivity contribution in [3.05, 3.63) is 0 Å². The Morgan fingerprint density at radius 1 is 0.545 bits per heavy atom. The monoisotopic (exact) mass is 311 g/mol. The number of unbranched alkanes of at least 4 members (excludes halogenated alkanes) is 14. The van der Waals surface area contributed by atoms with Gasteiger partial charge in [0.15, 0.2) is 0 Å². The first-order valence-corrected chi connectivity index (χ1v) is 10.5. The summed E-state index contributed by atoms with van der Waals surface area (Å²) in [6.45, 7) is 7.92. The van der Waals surface area contributed by atoms with Crippen molar-refractivity contribution in [3.8, 4) is 0 Å². The second kappa shape index (κ2) is 19.0. The Balaban J connectivity index is 3.00. The predicted octanol–water partition coefficient (Wildman–Crippen LogP) is 7.25. The molecular weight excluding hydrogens is 266 g/mol. The van der Waals surface area contributed by atoms with E-state index in [0.717, 1.165) is 6.54 Å². The van der Waals surface area contributed by atoms with Crippen LogP contribution in [0.3, 0.4) is 0 Å². The van der Waals surface area contributed by atoms with E-state index in [0.29, 0.717) is 6.04 Å². The van der Waals surface area contributed by atoms with Crippen LogP contribution >= 0.6 is 0 Å². The van der Waals surface area contributed by atoms with Gasteiger partial charge in [-0.05, 0) is 19.9 Å². The molecule has 134 valence electrons. The minimum absolute atomic E-state index is 0.715. The molecule has 0 aromatic carbocycles. The fraction of sp³-hybridized carbons (Fsp3) is 1.00. The molecule has 22 heavy (non-hydrogen) atoms. The average molecular weight is 312 g/mol. The van der Waals surface area contributed by atoms with Crippen LogP contribution in [0, 0.1) is 0 Å². The van der Waals surface area contributed by atoms with Crippen molar-refractivity contribution in [2.75, 3.05) is 6.54 Å². The highest BCUT2D eigenvalue weighted by atomic mass is 14.9. The number of hydrogen-bond acceptors (Lipinski definition) is 1. The van der Waals surface area contributed by atoms with E-state index in [2.05, 4.69) is 26.1 Å². The van der Waals surface area contributed by atoms with Crippen molar-refractivity contribution >= 4 is 0 Å². The lowest BCUT2D eigenvalue weighted by atomic mass is 10.0. The summed E-state index contributed by atoms with van der Waals surface area (Å²) in [7, 11) is 0. The molecule has 0 aliphatic heterocycles. The van der Waals surface area contributed by atoms with E-state index in [9.17, 15) is 0 Å². The van der Waals surface area contributed by atoms with Gasteiger partial charge in [0.25, 0.3) is 0 Å². The van der Waals surface area contributed by atoms with Crippen LogP contribution < -0.4 is 5.32 Å². The molecule has 0 bridgehead atoms. The first kappa shape index (κ1) is 22.0. The minimum Gasteiger partial charge on any atom is -0.315 e. The van der Waals surface area contributed by atoms with Gasteiger partial charge >= 0.3 is 0 Å². The summed E-state index contributed by atoms with van der Waals surface area (Å²) in [5, 5.41) is 3.50. The molecule has 1 heteroatoms. The fourth-order valence-corrected chi connectivity index (χ4v) is 3.27. The molecular formula is C21H45N. The molecule has 0 fully saturated rings. The van der Waals surface area contributed by atoms with E-state index in [1.165, 1.54) is 103 Å². The van der Waals surface area contributed by atoms with Crippen LogP contribution in [-0.4, -0.2) is 12.6 Å². The van der Waals surface area contributed by atoms with Crippen molar-refractivity contribution < 1.29 is 0 Å².